The lowest BCUT2D eigenvalue weighted by molar-refractivity contribution is -0.135. The number of hydrogen-bond acceptors (Lipinski definition) is 2. The summed E-state index contributed by atoms with van der Waals surface area (Å²) < 4.78 is 0. The van der Waals surface area contributed by atoms with E-state index in [2.05, 4.69) is 17.1 Å². The van der Waals surface area contributed by atoms with E-state index in [1.165, 1.54) is 38.5 Å². The van der Waals surface area contributed by atoms with Crippen LogP contribution in [0.4, 0.5) is 0 Å². The highest BCUT2D eigenvalue weighted by Gasteiger charge is 2.25. The summed E-state index contributed by atoms with van der Waals surface area (Å²) in [6.07, 6.45) is 8.09. The molecule has 1 N–H and O–H groups in total. The van der Waals surface area contributed by atoms with Crippen LogP contribution in [0.1, 0.15) is 51.9 Å². The van der Waals surface area contributed by atoms with Crippen LogP contribution < -0.4 is 5.32 Å². The van der Waals surface area contributed by atoms with Gasteiger partial charge in [0.1, 0.15) is 0 Å². The number of carbonyl (C=O) groups excluding carboxylic acids is 1. The average molecular weight is 224 g/mol. The van der Waals surface area contributed by atoms with Crippen molar-refractivity contribution >= 4 is 5.91 Å². The summed E-state index contributed by atoms with van der Waals surface area (Å²) in [6.45, 7) is 4.26. The highest BCUT2D eigenvalue weighted by molar-refractivity contribution is 5.77. The second kappa shape index (κ2) is 5.67. The quantitative estimate of drug-likeness (QED) is 0.777. The van der Waals surface area contributed by atoms with Gasteiger partial charge in [-0.2, -0.15) is 0 Å². The van der Waals surface area contributed by atoms with Crippen LogP contribution in [0.5, 0.6) is 0 Å². The molecule has 2 aliphatic rings. The molecule has 2 saturated heterocycles. The summed E-state index contributed by atoms with van der Waals surface area (Å²) in [5, 5.41) is 3.46. The van der Waals surface area contributed by atoms with Gasteiger partial charge in [-0.3, -0.25) is 4.79 Å². The fourth-order valence-corrected chi connectivity index (χ4v) is 2.89. The number of nitrogens with one attached hydrogen (secondary N) is 1. The smallest absolute Gasteiger partial charge is 0.224 e. The van der Waals surface area contributed by atoms with E-state index in [1.807, 2.05) is 0 Å². The van der Waals surface area contributed by atoms with E-state index < -0.39 is 0 Å². The first-order valence-corrected chi connectivity index (χ1v) is 6.80. The average Bonchev–Trinajstić information content (AvgIpc) is 2.31. The van der Waals surface area contributed by atoms with Gasteiger partial charge in [0.05, 0.1) is 0 Å². The molecule has 0 saturated carbocycles. The van der Waals surface area contributed by atoms with E-state index in [4.69, 9.17) is 0 Å². The molecule has 2 aliphatic heterocycles. The van der Waals surface area contributed by atoms with E-state index in [9.17, 15) is 4.79 Å². The summed E-state index contributed by atoms with van der Waals surface area (Å²) in [6, 6.07) is 0.903. The molecule has 0 spiro atoms. The fourth-order valence-electron chi connectivity index (χ4n) is 2.89. The summed E-state index contributed by atoms with van der Waals surface area (Å²) in [5.74, 6) is 0.367. The second-order valence-electron chi connectivity index (χ2n) is 5.28. The Bertz CT molecular complexity index is 236. The molecule has 2 heterocycles. The minimum atomic E-state index is 0.367. The third kappa shape index (κ3) is 2.97. The molecule has 2 fully saturated rings. The Hall–Kier alpha value is -0.570. The van der Waals surface area contributed by atoms with Crippen LogP contribution in [0, 0.1) is 0 Å². The van der Waals surface area contributed by atoms with E-state index in [0.29, 0.717) is 24.4 Å². The lowest BCUT2D eigenvalue weighted by atomic mass is 9.99. The molecular formula is C13H24N2O. The number of likely N-dealkylation sites (tertiary alicyclic amines) is 1. The highest BCUT2D eigenvalue weighted by atomic mass is 16.2. The van der Waals surface area contributed by atoms with Crippen LogP contribution >= 0.6 is 0 Å². The number of nitrogens with zero attached hydrogens (tertiary/aromatic N) is 1. The van der Waals surface area contributed by atoms with Gasteiger partial charge in [0.2, 0.25) is 5.91 Å². The molecule has 0 aromatic carbocycles. The van der Waals surface area contributed by atoms with Crippen molar-refractivity contribution in [1.29, 1.82) is 0 Å². The van der Waals surface area contributed by atoms with Crippen molar-refractivity contribution in [2.45, 2.75) is 64.0 Å². The van der Waals surface area contributed by atoms with Gasteiger partial charge in [-0.1, -0.05) is 6.42 Å². The van der Waals surface area contributed by atoms with Gasteiger partial charge in [-0.05, 0) is 45.6 Å². The minimum absolute atomic E-state index is 0.367. The van der Waals surface area contributed by atoms with Gasteiger partial charge in [0.25, 0.3) is 0 Å². The molecule has 16 heavy (non-hydrogen) atoms. The number of piperidine rings is 2. The number of carbonyl (C=O) groups is 1. The molecule has 92 valence electrons. The first kappa shape index (κ1) is 11.9. The van der Waals surface area contributed by atoms with Crippen LogP contribution in [0.25, 0.3) is 0 Å². The van der Waals surface area contributed by atoms with Gasteiger partial charge in [0, 0.05) is 25.0 Å². The Morgan fingerprint density at radius 2 is 2.06 bits per heavy atom. The molecule has 0 aromatic heterocycles. The van der Waals surface area contributed by atoms with Crippen molar-refractivity contribution < 1.29 is 4.79 Å². The maximum Gasteiger partial charge on any atom is 0.224 e. The van der Waals surface area contributed by atoms with Crippen LogP contribution in [-0.4, -0.2) is 36.0 Å². The molecular weight excluding hydrogens is 200 g/mol. The first-order chi connectivity index (χ1) is 7.77. The van der Waals surface area contributed by atoms with E-state index >= 15 is 0 Å². The molecule has 1 amide bonds. The van der Waals surface area contributed by atoms with Crippen molar-refractivity contribution in [3.05, 3.63) is 0 Å². The Kier molecular flexibility index (Phi) is 4.22. The molecule has 3 nitrogen and oxygen atoms in total. The summed E-state index contributed by atoms with van der Waals surface area (Å²) >= 11 is 0. The van der Waals surface area contributed by atoms with Crippen LogP contribution in [0.3, 0.4) is 0 Å². The Labute approximate surface area is 98.6 Å². The maximum atomic E-state index is 12.2. The first-order valence-electron chi connectivity index (χ1n) is 6.80. The van der Waals surface area contributed by atoms with Gasteiger partial charge in [-0.25, -0.2) is 0 Å². The zero-order chi connectivity index (χ0) is 11.4. The number of amides is 1. The Morgan fingerprint density at radius 1 is 1.25 bits per heavy atom. The molecule has 0 unspecified atom stereocenters. The van der Waals surface area contributed by atoms with Gasteiger partial charge >= 0.3 is 0 Å². The fraction of sp³-hybridized carbons (Fsp3) is 0.923. The van der Waals surface area contributed by atoms with Crippen molar-refractivity contribution in [1.82, 2.24) is 10.2 Å². The molecule has 0 aliphatic carbocycles. The molecule has 3 heteroatoms. The zero-order valence-electron chi connectivity index (χ0n) is 10.4. The largest absolute Gasteiger partial charge is 0.340 e. The second-order valence-corrected chi connectivity index (χ2v) is 5.28. The van der Waals surface area contributed by atoms with Crippen LogP contribution in [0.2, 0.25) is 0 Å². The Morgan fingerprint density at radius 3 is 2.75 bits per heavy atom. The molecule has 2 rings (SSSR count). The number of rotatable bonds is 2. The van der Waals surface area contributed by atoms with Gasteiger partial charge in [0.15, 0.2) is 0 Å². The minimum Gasteiger partial charge on any atom is -0.340 e. The van der Waals surface area contributed by atoms with Crippen molar-refractivity contribution in [3.8, 4) is 0 Å². The van der Waals surface area contributed by atoms with Crippen LogP contribution in [-0.2, 0) is 4.79 Å². The van der Waals surface area contributed by atoms with Crippen molar-refractivity contribution in [2.75, 3.05) is 13.1 Å². The Balaban J connectivity index is 1.81. The molecule has 2 atom stereocenters. The van der Waals surface area contributed by atoms with Gasteiger partial charge < -0.3 is 10.2 Å². The lowest BCUT2D eigenvalue weighted by Crippen LogP contribution is -2.45. The highest BCUT2D eigenvalue weighted by Crippen LogP contribution is 2.19. The molecule has 0 bridgehead atoms. The predicted octanol–water partition coefficient (Wildman–Crippen LogP) is 1.92. The predicted molar refractivity (Wildman–Crippen MR) is 65.3 cm³/mol. The lowest BCUT2D eigenvalue weighted by Gasteiger charge is -2.35. The third-order valence-electron chi connectivity index (χ3n) is 3.96. The zero-order valence-corrected chi connectivity index (χ0v) is 10.4. The summed E-state index contributed by atoms with van der Waals surface area (Å²) in [4.78, 5) is 14.3. The molecule has 0 aromatic rings. The normalized spacial score (nSPS) is 31.4. The van der Waals surface area contributed by atoms with E-state index in [-0.39, 0.29) is 0 Å². The van der Waals surface area contributed by atoms with Gasteiger partial charge in [-0.15, -0.1) is 0 Å². The monoisotopic (exact) mass is 224 g/mol. The third-order valence-corrected chi connectivity index (χ3v) is 3.96. The van der Waals surface area contributed by atoms with E-state index in [0.717, 1.165) is 13.1 Å². The van der Waals surface area contributed by atoms with Crippen molar-refractivity contribution in [3.63, 3.8) is 0 Å². The summed E-state index contributed by atoms with van der Waals surface area (Å²) in [7, 11) is 0. The van der Waals surface area contributed by atoms with Crippen molar-refractivity contribution in [2.24, 2.45) is 0 Å². The van der Waals surface area contributed by atoms with Crippen LogP contribution in [0.15, 0.2) is 0 Å². The molecule has 0 radical (unpaired) electrons. The number of hydrogen-bond donors (Lipinski definition) is 1. The SMILES string of the molecule is C[C@@H]1CCCCN1C(=O)C[C@@H]1CCCCN1. The topological polar surface area (TPSA) is 32.3 Å². The maximum absolute atomic E-state index is 12.2. The van der Waals surface area contributed by atoms with E-state index in [1.54, 1.807) is 0 Å². The summed E-state index contributed by atoms with van der Waals surface area (Å²) in [5.41, 5.74) is 0. The standard InChI is InChI=1S/C13H24N2O/c1-11-6-3-5-9-15(11)13(16)10-12-7-2-4-8-14-12/h11-12,14H,2-10H2,1H3/t11-,12+/m1/s1.